The molecule has 5 heteroatoms. The van der Waals surface area contributed by atoms with E-state index >= 15 is 0 Å². The van der Waals surface area contributed by atoms with Gasteiger partial charge in [-0.15, -0.1) is 0 Å². The molecule has 0 bridgehead atoms. The lowest BCUT2D eigenvalue weighted by Crippen LogP contribution is -2.11. The minimum absolute atomic E-state index is 0.113. The Morgan fingerprint density at radius 3 is 3.07 bits per heavy atom. The van der Waals surface area contributed by atoms with Crippen LogP contribution in [-0.2, 0) is 6.54 Å². The van der Waals surface area contributed by atoms with E-state index in [4.69, 9.17) is 0 Å². The van der Waals surface area contributed by atoms with E-state index < -0.39 is 0 Å². The van der Waals surface area contributed by atoms with E-state index in [1.54, 1.807) is 16.8 Å². The summed E-state index contributed by atoms with van der Waals surface area (Å²) in [5.74, 6) is 0.477. The topological polar surface area (TPSA) is 46.9 Å². The van der Waals surface area contributed by atoms with E-state index in [1.807, 2.05) is 23.9 Å². The highest BCUT2D eigenvalue weighted by atomic mass is 32.1. The summed E-state index contributed by atoms with van der Waals surface area (Å²) in [4.78, 5) is 11.6. The zero-order valence-electron chi connectivity index (χ0n) is 8.30. The van der Waals surface area contributed by atoms with Gasteiger partial charge in [0.15, 0.2) is 5.82 Å². The second-order valence-electron chi connectivity index (χ2n) is 3.02. The van der Waals surface area contributed by atoms with Crippen LogP contribution in [0.25, 0.3) is 0 Å². The average Bonchev–Trinajstić information content (AvgIpc) is 2.87. The number of hydrogen-bond acceptors (Lipinski definition) is 3. The molecule has 0 aliphatic rings. The van der Waals surface area contributed by atoms with Crippen molar-refractivity contribution in [1.82, 2.24) is 9.78 Å². The molecule has 2 aromatic heterocycles. The van der Waals surface area contributed by atoms with Gasteiger partial charge in [-0.05, 0) is 18.4 Å². The molecule has 0 aliphatic heterocycles. The maximum atomic E-state index is 11.6. The Bertz CT molecular complexity index is 447. The van der Waals surface area contributed by atoms with Gasteiger partial charge in [0.1, 0.15) is 0 Å². The molecule has 0 saturated carbocycles. The highest BCUT2D eigenvalue weighted by Gasteiger charge is 2.07. The number of rotatable bonds is 3. The standard InChI is InChI=1S/C10H11N3OS/c1-2-13-5-3-9(12-13)11-10(14)8-4-6-15-7-8/h3-7H,2H2,1H3,(H,11,12,14). The number of hydrogen-bond donors (Lipinski definition) is 1. The number of aromatic nitrogens is 2. The fraction of sp³-hybridized carbons (Fsp3) is 0.200. The van der Waals surface area contributed by atoms with Crippen LogP contribution < -0.4 is 5.32 Å². The Hall–Kier alpha value is -1.62. The van der Waals surface area contributed by atoms with Crippen LogP contribution in [0.4, 0.5) is 5.82 Å². The molecule has 1 N–H and O–H groups in total. The van der Waals surface area contributed by atoms with Crippen LogP contribution in [0.15, 0.2) is 29.1 Å². The summed E-state index contributed by atoms with van der Waals surface area (Å²) in [6.45, 7) is 2.80. The highest BCUT2D eigenvalue weighted by molar-refractivity contribution is 7.08. The predicted octanol–water partition coefficient (Wildman–Crippen LogP) is 2.22. The summed E-state index contributed by atoms with van der Waals surface area (Å²) < 4.78 is 1.77. The molecule has 0 radical (unpaired) electrons. The van der Waals surface area contributed by atoms with Gasteiger partial charge >= 0.3 is 0 Å². The van der Waals surface area contributed by atoms with E-state index in [2.05, 4.69) is 10.4 Å². The normalized spacial score (nSPS) is 10.2. The minimum atomic E-state index is -0.113. The van der Waals surface area contributed by atoms with E-state index in [0.717, 1.165) is 6.54 Å². The molecule has 4 nitrogen and oxygen atoms in total. The molecule has 0 aromatic carbocycles. The van der Waals surface area contributed by atoms with Crippen LogP contribution in [0.5, 0.6) is 0 Å². The zero-order valence-corrected chi connectivity index (χ0v) is 9.12. The molecule has 0 unspecified atom stereocenters. The first kappa shape index (κ1) is 9.92. The maximum Gasteiger partial charge on any atom is 0.257 e. The van der Waals surface area contributed by atoms with Gasteiger partial charge in [0.05, 0.1) is 5.56 Å². The number of nitrogens with zero attached hydrogens (tertiary/aromatic N) is 2. The lowest BCUT2D eigenvalue weighted by atomic mass is 10.3. The fourth-order valence-corrected chi connectivity index (χ4v) is 1.82. The Balaban J connectivity index is 2.06. The number of carbonyl (C=O) groups is 1. The summed E-state index contributed by atoms with van der Waals surface area (Å²) in [5, 5.41) is 10.6. The second-order valence-corrected chi connectivity index (χ2v) is 3.80. The Kier molecular flexibility index (Phi) is 2.82. The molecule has 2 aromatic rings. The van der Waals surface area contributed by atoms with Crippen LogP contribution in [-0.4, -0.2) is 15.7 Å². The van der Waals surface area contributed by atoms with Crippen molar-refractivity contribution in [2.24, 2.45) is 0 Å². The highest BCUT2D eigenvalue weighted by Crippen LogP contribution is 2.09. The first-order valence-electron chi connectivity index (χ1n) is 4.66. The molecule has 2 heterocycles. The van der Waals surface area contributed by atoms with Crippen LogP contribution in [0.2, 0.25) is 0 Å². The maximum absolute atomic E-state index is 11.6. The van der Waals surface area contributed by atoms with E-state index in [0.29, 0.717) is 11.4 Å². The van der Waals surface area contributed by atoms with Gasteiger partial charge in [0, 0.05) is 24.2 Å². The molecule has 0 fully saturated rings. The van der Waals surface area contributed by atoms with E-state index in [1.165, 1.54) is 11.3 Å². The first-order valence-corrected chi connectivity index (χ1v) is 5.61. The third-order valence-corrected chi connectivity index (χ3v) is 2.67. The average molecular weight is 221 g/mol. The predicted molar refractivity (Wildman–Crippen MR) is 60.2 cm³/mol. The second kappa shape index (κ2) is 4.27. The van der Waals surface area contributed by atoms with Crippen molar-refractivity contribution in [2.45, 2.75) is 13.5 Å². The number of aryl methyl sites for hydroxylation is 1. The molecule has 0 atom stereocenters. The SMILES string of the molecule is CCn1ccc(NC(=O)c2ccsc2)n1. The van der Waals surface area contributed by atoms with Crippen LogP contribution in [0, 0.1) is 0 Å². The Labute approximate surface area is 91.5 Å². The van der Waals surface area contributed by atoms with Crippen molar-refractivity contribution in [1.29, 1.82) is 0 Å². The quantitative estimate of drug-likeness (QED) is 0.863. The number of anilines is 1. The molecular formula is C10H11N3OS. The number of amides is 1. The molecule has 0 saturated heterocycles. The van der Waals surface area contributed by atoms with Gasteiger partial charge < -0.3 is 5.32 Å². The first-order chi connectivity index (χ1) is 7.29. The van der Waals surface area contributed by atoms with E-state index in [9.17, 15) is 4.79 Å². The lowest BCUT2D eigenvalue weighted by molar-refractivity contribution is 0.102. The molecule has 15 heavy (non-hydrogen) atoms. The Morgan fingerprint density at radius 2 is 2.47 bits per heavy atom. The van der Waals surface area contributed by atoms with Gasteiger partial charge in [-0.1, -0.05) is 0 Å². The third-order valence-electron chi connectivity index (χ3n) is 1.99. The lowest BCUT2D eigenvalue weighted by Gasteiger charge is -1.98. The number of nitrogens with one attached hydrogen (secondary N) is 1. The third kappa shape index (κ3) is 2.24. The number of carbonyl (C=O) groups excluding carboxylic acids is 1. The number of thiophene rings is 1. The smallest absolute Gasteiger partial charge is 0.257 e. The summed E-state index contributed by atoms with van der Waals surface area (Å²) >= 11 is 1.50. The van der Waals surface area contributed by atoms with Gasteiger partial charge in [-0.25, -0.2) is 0 Å². The van der Waals surface area contributed by atoms with Crippen LogP contribution in [0.3, 0.4) is 0 Å². The van der Waals surface area contributed by atoms with Crippen molar-refractivity contribution in [3.8, 4) is 0 Å². The summed E-state index contributed by atoms with van der Waals surface area (Å²) in [6, 6.07) is 3.57. The van der Waals surface area contributed by atoms with Crippen molar-refractivity contribution >= 4 is 23.1 Å². The molecule has 78 valence electrons. The monoisotopic (exact) mass is 221 g/mol. The zero-order chi connectivity index (χ0) is 10.7. The van der Waals surface area contributed by atoms with Crippen molar-refractivity contribution in [3.05, 3.63) is 34.7 Å². The summed E-state index contributed by atoms with van der Waals surface area (Å²) in [6.07, 6.45) is 1.84. The van der Waals surface area contributed by atoms with E-state index in [-0.39, 0.29) is 5.91 Å². The Morgan fingerprint density at radius 1 is 1.60 bits per heavy atom. The largest absolute Gasteiger partial charge is 0.305 e. The molecule has 0 spiro atoms. The van der Waals surface area contributed by atoms with Crippen LogP contribution >= 0.6 is 11.3 Å². The van der Waals surface area contributed by atoms with Crippen molar-refractivity contribution in [3.63, 3.8) is 0 Å². The molecule has 1 amide bonds. The molecule has 2 rings (SSSR count). The fourth-order valence-electron chi connectivity index (χ4n) is 1.19. The molecular weight excluding hydrogens is 210 g/mol. The van der Waals surface area contributed by atoms with Crippen molar-refractivity contribution < 1.29 is 4.79 Å². The molecule has 0 aliphatic carbocycles. The summed E-state index contributed by atoms with van der Waals surface area (Å²) in [5.41, 5.74) is 0.672. The van der Waals surface area contributed by atoms with Crippen LogP contribution in [0.1, 0.15) is 17.3 Å². The van der Waals surface area contributed by atoms with Gasteiger partial charge in [0.2, 0.25) is 0 Å². The summed E-state index contributed by atoms with van der Waals surface area (Å²) in [7, 11) is 0. The van der Waals surface area contributed by atoms with Gasteiger partial charge in [-0.2, -0.15) is 16.4 Å². The van der Waals surface area contributed by atoms with Crippen molar-refractivity contribution in [2.75, 3.05) is 5.32 Å². The van der Waals surface area contributed by atoms with Gasteiger partial charge in [-0.3, -0.25) is 9.48 Å². The minimum Gasteiger partial charge on any atom is -0.305 e. The van der Waals surface area contributed by atoms with Gasteiger partial charge in [0.25, 0.3) is 5.91 Å².